The molecule has 2 aromatic rings. The topological polar surface area (TPSA) is 83.1 Å². The minimum Gasteiger partial charge on any atom is -0.335 e. The number of amides is 3. The number of benzene rings is 1. The third-order valence-electron chi connectivity index (χ3n) is 4.78. The minimum atomic E-state index is -0.348. The fourth-order valence-corrected chi connectivity index (χ4v) is 3.92. The lowest BCUT2D eigenvalue weighted by Gasteiger charge is -2.22. The fourth-order valence-electron chi connectivity index (χ4n) is 3.18. The van der Waals surface area contributed by atoms with E-state index < -0.39 is 0 Å². The third kappa shape index (κ3) is 6.02. The van der Waals surface area contributed by atoms with E-state index in [1.807, 2.05) is 5.38 Å². The average molecular weight is 405 g/mol. The van der Waals surface area contributed by atoms with Crippen LogP contribution < -0.4 is 16.0 Å². The van der Waals surface area contributed by atoms with E-state index in [9.17, 15) is 14.0 Å². The highest BCUT2D eigenvalue weighted by atomic mass is 32.1. The first-order chi connectivity index (χ1) is 13.5. The first-order valence-corrected chi connectivity index (χ1v) is 10.5. The number of carbonyl (C=O) groups is 2. The molecule has 0 radical (unpaired) electrons. The van der Waals surface area contributed by atoms with Crippen LogP contribution in [-0.2, 0) is 11.2 Å². The molecule has 0 bridgehead atoms. The van der Waals surface area contributed by atoms with Crippen LogP contribution in [0, 0.1) is 12.7 Å². The highest BCUT2D eigenvalue weighted by Gasteiger charge is 2.16. The molecule has 0 spiro atoms. The van der Waals surface area contributed by atoms with Crippen molar-refractivity contribution >= 4 is 34.1 Å². The Morgan fingerprint density at radius 1 is 1.21 bits per heavy atom. The van der Waals surface area contributed by atoms with Crippen molar-refractivity contribution in [3.05, 3.63) is 40.7 Å². The summed E-state index contributed by atoms with van der Waals surface area (Å²) in [6, 6.07) is 4.62. The number of aryl methyl sites for hydroxylation is 2. The average Bonchev–Trinajstić information content (AvgIpc) is 3.11. The van der Waals surface area contributed by atoms with E-state index in [2.05, 4.69) is 20.9 Å². The Balaban J connectivity index is 1.42. The first-order valence-electron chi connectivity index (χ1n) is 9.57. The predicted molar refractivity (Wildman–Crippen MR) is 109 cm³/mol. The van der Waals surface area contributed by atoms with E-state index in [1.165, 1.54) is 23.8 Å². The van der Waals surface area contributed by atoms with Gasteiger partial charge < -0.3 is 10.6 Å². The molecule has 6 nitrogen and oxygen atoms in total. The van der Waals surface area contributed by atoms with Crippen LogP contribution in [0.2, 0.25) is 0 Å². The number of rotatable bonds is 6. The van der Waals surface area contributed by atoms with Crippen LogP contribution in [0.4, 0.5) is 20.0 Å². The summed E-state index contributed by atoms with van der Waals surface area (Å²) in [5, 5.41) is 10.8. The Hall–Kier alpha value is -2.48. The zero-order chi connectivity index (χ0) is 19.9. The molecule has 8 heteroatoms. The summed E-state index contributed by atoms with van der Waals surface area (Å²) in [7, 11) is 0. The largest absolute Gasteiger partial charge is 0.335 e. The quantitative estimate of drug-likeness (QED) is 0.657. The van der Waals surface area contributed by atoms with Crippen LogP contribution in [0.25, 0.3) is 0 Å². The molecule has 150 valence electrons. The van der Waals surface area contributed by atoms with Gasteiger partial charge in [-0.15, -0.1) is 11.3 Å². The third-order valence-corrected chi connectivity index (χ3v) is 5.58. The Bertz CT molecular complexity index is 833. The van der Waals surface area contributed by atoms with Gasteiger partial charge in [-0.05, 0) is 43.9 Å². The molecule has 1 aliphatic carbocycles. The van der Waals surface area contributed by atoms with E-state index in [-0.39, 0.29) is 30.2 Å². The molecule has 1 saturated carbocycles. The molecule has 3 N–H and O–H groups in total. The molecule has 28 heavy (non-hydrogen) atoms. The van der Waals surface area contributed by atoms with Crippen LogP contribution in [-0.4, -0.2) is 23.0 Å². The molecule has 0 saturated heterocycles. The molecule has 3 amide bonds. The highest BCUT2D eigenvalue weighted by Crippen LogP contribution is 2.19. The summed E-state index contributed by atoms with van der Waals surface area (Å²) in [5.41, 5.74) is 1.71. The van der Waals surface area contributed by atoms with Crippen LogP contribution in [0.3, 0.4) is 0 Å². The Labute approximate surface area is 167 Å². The molecular formula is C20H25FN4O2S. The number of nitrogens with zero attached hydrogens (tertiary/aromatic N) is 1. The van der Waals surface area contributed by atoms with Gasteiger partial charge in [0.25, 0.3) is 0 Å². The molecule has 1 aromatic heterocycles. The number of urea groups is 1. The summed E-state index contributed by atoms with van der Waals surface area (Å²) in [6.45, 7) is 1.67. The van der Waals surface area contributed by atoms with Crippen molar-refractivity contribution in [1.29, 1.82) is 0 Å². The maximum absolute atomic E-state index is 13.5. The minimum absolute atomic E-state index is 0.208. The lowest BCUT2D eigenvalue weighted by molar-refractivity contribution is -0.116. The van der Waals surface area contributed by atoms with E-state index in [0.29, 0.717) is 22.8 Å². The number of hydrogen-bond acceptors (Lipinski definition) is 4. The Kier molecular flexibility index (Phi) is 6.97. The summed E-state index contributed by atoms with van der Waals surface area (Å²) >= 11 is 1.33. The van der Waals surface area contributed by atoms with Gasteiger partial charge in [0.2, 0.25) is 5.91 Å². The van der Waals surface area contributed by atoms with Crippen molar-refractivity contribution in [2.45, 2.75) is 57.9 Å². The van der Waals surface area contributed by atoms with Crippen molar-refractivity contribution in [2.24, 2.45) is 0 Å². The number of anilines is 2. The summed E-state index contributed by atoms with van der Waals surface area (Å²) < 4.78 is 13.5. The SMILES string of the molecule is Cc1ccc(NC(=O)CCc2csc(NC(=O)NC3CCCCC3)n2)cc1F. The van der Waals surface area contributed by atoms with Gasteiger partial charge in [0.15, 0.2) is 5.13 Å². The smallest absolute Gasteiger partial charge is 0.321 e. The van der Waals surface area contributed by atoms with Crippen LogP contribution in [0.15, 0.2) is 23.6 Å². The van der Waals surface area contributed by atoms with Crippen molar-refractivity contribution in [3.63, 3.8) is 0 Å². The van der Waals surface area contributed by atoms with Crippen molar-refractivity contribution < 1.29 is 14.0 Å². The predicted octanol–water partition coefficient (Wildman–Crippen LogP) is 4.62. The second-order valence-corrected chi connectivity index (χ2v) is 7.95. The fraction of sp³-hybridized carbons (Fsp3) is 0.450. The van der Waals surface area contributed by atoms with Gasteiger partial charge in [-0.3, -0.25) is 10.1 Å². The highest BCUT2D eigenvalue weighted by molar-refractivity contribution is 7.13. The lowest BCUT2D eigenvalue weighted by atomic mass is 9.96. The first kappa shape index (κ1) is 20.3. The number of hydrogen-bond donors (Lipinski definition) is 3. The Morgan fingerprint density at radius 3 is 2.75 bits per heavy atom. The molecule has 1 heterocycles. The van der Waals surface area contributed by atoms with Crippen LogP contribution >= 0.6 is 11.3 Å². The maximum atomic E-state index is 13.5. The van der Waals surface area contributed by atoms with E-state index in [1.54, 1.807) is 19.1 Å². The second-order valence-electron chi connectivity index (χ2n) is 7.09. The second kappa shape index (κ2) is 9.64. The number of aromatic nitrogens is 1. The molecule has 0 aliphatic heterocycles. The number of thiazole rings is 1. The van der Waals surface area contributed by atoms with Crippen LogP contribution in [0.5, 0.6) is 0 Å². The van der Waals surface area contributed by atoms with Gasteiger partial charge in [-0.1, -0.05) is 25.3 Å². The van der Waals surface area contributed by atoms with Gasteiger partial charge in [0.05, 0.1) is 5.69 Å². The zero-order valence-electron chi connectivity index (χ0n) is 15.9. The van der Waals surface area contributed by atoms with E-state index >= 15 is 0 Å². The normalized spacial score (nSPS) is 14.5. The molecule has 0 atom stereocenters. The van der Waals surface area contributed by atoms with Crippen molar-refractivity contribution in [1.82, 2.24) is 10.3 Å². The van der Waals surface area contributed by atoms with Gasteiger partial charge in [0.1, 0.15) is 5.82 Å². The number of halogens is 1. The van der Waals surface area contributed by atoms with Gasteiger partial charge in [0, 0.05) is 23.5 Å². The van der Waals surface area contributed by atoms with Gasteiger partial charge in [-0.25, -0.2) is 14.2 Å². The summed E-state index contributed by atoms with van der Waals surface area (Å²) in [4.78, 5) is 28.5. The zero-order valence-corrected chi connectivity index (χ0v) is 16.7. The number of nitrogens with one attached hydrogen (secondary N) is 3. The van der Waals surface area contributed by atoms with Gasteiger partial charge in [-0.2, -0.15) is 0 Å². The molecular weight excluding hydrogens is 379 g/mol. The molecule has 1 aliphatic rings. The van der Waals surface area contributed by atoms with E-state index in [4.69, 9.17) is 0 Å². The molecule has 1 fully saturated rings. The standard InChI is InChI=1S/C20H25FN4O2S/c1-13-7-8-15(11-17(13)21)22-18(26)10-9-16-12-28-20(24-16)25-19(27)23-14-5-3-2-4-6-14/h7-8,11-12,14H,2-6,9-10H2,1H3,(H,22,26)(H2,23,24,25,27). The maximum Gasteiger partial charge on any atom is 0.321 e. The lowest BCUT2D eigenvalue weighted by Crippen LogP contribution is -2.38. The van der Waals surface area contributed by atoms with Crippen LogP contribution in [0.1, 0.15) is 49.8 Å². The Morgan fingerprint density at radius 2 is 2.00 bits per heavy atom. The van der Waals surface area contributed by atoms with E-state index in [0.717, 1.165) is 31.4 Å². The molecule has 1 aromatic carbocycles. The van der Waals surface area contributed by atoms with Crippen molar-refractivity contribution in [3.8, 4) is 0 Å². The summed E-state index contributed by atoms with van der Waals surface area (Å²) in [5.74, 6) is -0.555. The summed E-state index contributed by atoms with van der Waals surface area (Å²) in [6.07, 6.45) is 6.28. The van der Waals surface area contributed by atoms with Crippen molar-refractivity contribution in [2.75, 3.05) is 10.6 Å². The van der Waals surface area contributed by atoms with Gasteiger partial charge >= 0.3 is 6.03 Å². The number of carbonyl (C=O) groups excluding carboxylic acids is 2. The monoisotopic (exact) mass is 404 g/mol. The molecule has 3 rings (SSSR count). The molecule has 0 unspecified atom stereocenters.